The molecule has 2 aromatic rings. The summed E-state index contributed by atoms with van der Waals surface area (Å²) in [5, 5.41) is 9.75. The van der Waals surface area contributed by atoms with Crippen molar-refractivity contribution in [3.63, 3.8) is 0 Å². The number of aryl methyl sites for hydroxylation is 1. The normalized spacial score (nSPS) is 16.6. The van der Waals surface area contributed by atoms with Gasteiger partial charge in [-0.05, 0) is 31.5 Å². The Balaban J connectivity index is 1.85. The molecule has 0 fully saturated rings. The summed E-state index contributed by atoms with van der Waals surface area (Å²) in [6.07, 6.45) is 0.911. The highest BCUT2D eigenvalue weighted by Gasteiger charge is 2.26. The molecule has 120 valence electrons. The van der Waals surface area contributed by atoms with Crippen LogP contribution in [0.5, 0.6) is 11.5 Å². The fraction of sp³-hybridized carbons (Fsp3) is 0.300. The van der Waals surface area contributed by atoms with Crippen LogP contribution in [0, 0.1) is 6.92 Å². The molecular weight excluding hydrogens is 286 g/mol. The van der Waals surface area contributed by atoms with E-state index in [1.165, 1.54) is 11.1 Å². The zero-order valence-electron chi connectivity index (χ0n) is 13.7. The smallest absolute Gasteiger partial charge is 0.146 e. The summed E-state index contributed by atoms with van der Waals surface area (Å²) in [6, 6.07) is 13.8. The van der Waals surface area contributed by atoms with Crippen molar-refractivity contribution in [1.29, 1.82) is 0 Å². The monoisotopic (exact) mass is 309 g/mol. The lowest BCUT2D eigenvalue weighted by atomic mass is 10.0. The summed E-state index contributed by atoms with van der Waals surface area (Å²) in [5.41, 5.74) is 4.66. The molecule has 1 aliphatic heterocycles. The van der Waals surface area contributed by atoms with Gasteiger partial charge in [0.1, 0.15) is 17.6 Å². The minimum atomic E-state index is 0.0606. The molecule has 3 heteroatoms. The van der Waals surface area contributed by atoms with Gasteiger partial charge < -0.3 is 14.7 Å². The van der Waals surface area contributed by atoms with Crippen molar-refractivity contribution < 1.29 is 9.84 Å². The molecule has 0 radical (unpaired) electrons. The van der Waals surface area contributed by atoms with E-state index in [9.17, 15) is 5.11 Å². The molecule has 0 aromatic heterocycles. The van der Waals surface area contributed by atoms with Crippen LogP contribution in [-0.2, 0) is 6.42 Å². The van der Waals surface area contributed by atoms with Gasteiger partial charge in [-0.25, -0.2) is 0 Å². The molecule has 1 N–H and O–H groups in total. The molecule has 0 spiro atoms. The van der Waals surface area contributed by atoms with E-state index in [0.717, 1.165) is 36.5 Å². The maximum atomic E-state index is 9.75. The minimum absolute atomic E-state index is 0.0606. The van der Waals surface area contributed by atoms with E-state index in [1.54, 1.807) is 12.1 Å². The number of benzene rings is 2. The van der Waals surface area contributed by atoms with Crippen molar-refractivity contribution in [2.45, 2.75) is 26.4 Å². The number of hydrogen-bond acceptors (Lipinski definition) is 3. The van der Waals surface area contributed by atoms with Crippen molar-refractivity contribution in [3.05, 3.63) is 65.7 Å². The SMILES string of the molecule is C=C(C)CN1CC(Cc2cccc(C)c2)Oc2cc(O)ccc21. The van der Waals surface area contributed by atoms with Gasteiger partial charge in [-0.1, -0.05) is 42.0 Å². The molecular formula is C20H23NO2. The van der Waals surface area contributed by atoms with Crippen LogP contribution in [0.25, 0.3) is 0 Å². The van der Waals surface area contributed by atoms with Crippen LogP contribution in [0.4, 0.5) is 5.69 Å². The third-order valence-corrected chi connectivity index (χ3v) is 4.01. The molecule has 1 atom stereocenters. The Labute approximate surface area is 137 Å². The van der Waals surface area contributed by atoms with Gasteiger partial charge in [0, 0.05) is 19.0 Å². The van der Waals surface area contributed by atoms with E-state index in [0.29, 0.717) is 0 Å². The van der Waals surface area contributed by atoms with Gasteiger partial charge in [-0.15, -0.1) is 0 Å². The standard InChI is InChI=1S/C20H23NO2/c1-14(2)12-21-13-18(10-16-6-4-5-15(3)9-16)23-20-11-17(22)7-8-19(20)21/h4-9,11,18,22H,1,10,12-13H2,2-3H3. The van der Waals surface area contributed by atoms with Crippen LogP contribution >= 0.6 is 0 Å². The molecule has 1 unspecified atom stereocenters. The Kier molecular flexibility index (Phi) is 4.28. The maximum Gasteiger partial charge on any atom is 0.146 e. The van der Waals surface area contributed by atoms with Crippen LogP contribution in [0.15, 0.2) is 54.6 Å². The Morgan fingerprint density at radius 1 is 1.30 bits per heavy atom. The van der Waals surface area contributed by atoms with E-state index in [-0.39, 0.29) is 11.9 Å². The maximum absolute atomic E-state index is 9.75. The first kappa shape index (κ1) is 15.5. The largest absolute Gasteiger partial charge is 0.508 e. The van der Waals surface area contributed by atoms with E-state index < -0.39 is 0 Å². The van der Waals surface area contributed by atoms with Crippen molar-refractivity contribution >= 4 is 5.69 Å². The Morgan fingerprint density at radius 3 is 2.87 bits per heavy atom. The van der Waals surface area contributed by atoms with Crippen molar-refractivity contribution in [3.8, 4) is 11.5 Å². The number of nitrogens with zero attached hydrogens (tertiary/aromatic N) is 1. The fourth-order valence-electron chi connectivity index (χ4n) is 3.10. The van der Waals surface area contributed by atoms with E-state index in [4.69, 9.17) is 4.74 Å². The van der Waals surface area contributed by atoms with Crippen molar-refractivity contribution in [2.75, 3.05) is 18.0 Å². The molecule has 0 aliphatic carbocycles. The first-order valence-corrected chi connectivity index (χ1v) is 7.96. The average Bonchev–Trinajstić information content (AvgIpc) is 2.46. The van der Waals surface area contributed by atoms with Gasteiger partial charge >= 0.3 is 0 Å². The molecule has 3 rings (SSSR count). The molecule has 0 saturated carbocycles. The lowest BCUT2D eigenvalue weighted by molar-refractivity contribution is 0.194. The summed E-state index contributed by atoms with van der Waals surface area (Å²) in [7, 11) is 0. The number of hydrogen-bond donors (Lipinski definition) is 1. The number of phenols is 1. The third-order valence-electron chi connectivity index (χ3n) is 4.01. The van der Waals surface area contributed by atoms with Gasteiger partial charge in [0.2, 0.25) is 0 Å². The molecule has 0 bridgehead atoms. The number of fused-ring (bicyclic) bond motifs is 1. The highest BCUT2D eigenvalue weighted by atomic mass is 16.5. The number of ether oxygens (including phenoxy) is 1. The lowest BCUT2D eigenvalue weighted by Crippen LogP contribution is -2.41. The van der Waals surface area contributed by atoms with E-state index in [1.807, 2.05) is 13.0 Å². The predicted octanol–water partition coefficient (Wildman–Crippen LogP) is 4.09. The summed E-state index contributed by atoms with van der Waals surface area (Å²) < 4.78 is 6.14. The summed E-state index contributed by atoms with van der Waals surface area (Å²) in [6.45, 7) is 9.78. The third kappa shape index (κ3) is 3.67. The zero-order valence-corrected chi connectivity index (χ0v) is 13.7. The predicted molar refractivity (Wildman–Crippen MR) is 94.4 cm³/mol. The molecule has 0 saturated heterocycles. The molecule has 1 heterocycles. The van der Waals surface area contributed by atoms with Crippen LogP contribution in [0.3, 0.4) is 0 Å². The summed E-state index contributed by atoms with van der Waals surface area (Å²) in [5.74, 6) is 0.977. The topological polar surface area (TPSA) is 32.7 Å². The summed E-state index contributed by atoms with van der Waals surface area (Å²) >= 11 is 0. The number of anilines is 1. The second-order valence-electron chi connectivity index (χ2n) is 6.42. The second-order valence-corrected chi connectivity index (χ2v) is 6.42. The van der Waals surface area contributed by atoms with E-state index in [2.05, 4.69) is 42.7 Å². The molecule has 23 heavy (non-hydrogen) atoms. The van der Waals surface area contributed by atoms with Gasteiger partial charge in [-0.3, -0.25) is 0 Å². The first-order chi connectivity index (χ1) is 11.0. The minimum Gasteiger partial charge on any atom is -0.508 e. The molecule has 0 amide bonds. The lowest BCUT2D eigenvalue weighted by Gasteiger charge is -2.36. The van der Waals surface area contributed by atoms with Crippen molar-refractivity contribution in [2.24, 2.45) is 0 Å². The van der Waals surface area contributed by atoms with Gasteiger partial charge in [0.05, 0.1) is 12.2 Å². The van der Waals surface area contributed by atoms with Gasteiger partial charge in [0.15, 0.2) is 0 Å². The summed E-state index contributed by atoms with van der Waals surface area (Å²) in [4.78, 5) is 2.28. The average molecular weight is 309 g/mol. The molecule has 2 aromatic carbocycles. The molecule has 1 aliphatic rings. The first-order valence-electron chi connectivity index (χ1n) is 7.96. The molecule has 3 nitrogen and oxygen atoms in total. The number of phenolic OH excluding ortho intramolecular Hbond substituents is 1. The Hall–Kier alpha value is -2.42. The van der Waals surface area contributed by atoms with E-state index >= 15 is 0 Å². The fourth-order valence-corrected chi connectivity index (χ4v) is 3.10. The number of rotatable bonds is 4. The number of aromatic hydroxyl groups is 1. The quantitative estimate of drug-likeness (QED) is 0.864. The van der Waals surface area contributed by atoms with Gasteiger partial charge in [-0.2, -0.15) is 0 Å². The Morgan fingerprint density at radius 2 is 2.13 bits per heavy atom. The van der Waals surface area contributed by atoms with Crippen LogP contribution < -0.4 is 9.64 Å². The highest BCUT2D eigenvalue weighted by molar-refractivity contribution is 5.63. The zero-order chi connectivity index (χ0) is 16.4. The van der Waals surface area contributed by atoms with Crippen LogP contribution in [0.1, 0.15) is 18.1 Å². The van der Waals surface area contributed by atoms with Crippen molar-refractivity contribution in [1.82, 2.24) is 0 Å². The second kappa shape index (κ2) is 6.37. The van der Waals surface area contributed by atoms with Crippen LogP contribution in [-0.4, -0.2) is 24.3 Å². The van der Waals surface area contributed by atoms with Gasteiger partial charge in [0.25, 0.3) is 0 Å². The highest BCUT2D eigenvalue weighted by Crippen LogP contribution is 2.37. The van der Waals surface area contributed by atoms with Crippen LogP contribution in [0.2, 0.25) is 0 Å². The Bertz CT molecular complexity index is 723.